The van der Waals surface area contributed by atoms with Gasteiger partial charge in [-0.2, -0.15) is 47.9 Å². The van der Waals surface area contributed by atoms with Gasteiger partial charge >= 0.3 is 33.4 Å². The summed E-state index contributed by atoms with van der Waals surface area (Å²) in [7, 11) is -7.06. The van der Waals surface area contributed by atoms with Crippen LogP contribution in [0.5, 0.6) is 11.5 Å². The van der Waals surface area contributed by atoms with Crippen LogP contribution in [0.1, 0.15) is 46.1 Å². The first kappa shape index (κ1) is 34.1. The van der Waals surface area contributed by atoms with E-state index in [9.17, 15) is 47.9 Å². The summed E-state index contributed by atoms with van der Waals surface area (Å²) < 4.78 is 154. The second-order valence-electron chi connectivity index (χ2n) is 10.9. The molecule has 0 spiro atoms. The number of alkyl halides is 9. The van der Waals surface area contributed by atoms with E-state index in [2.05, 4.69) is 4.18 Å². The molecule has 1 aliphatic rings. The third kappa shape index (κ3) is 6.39. The van der Waals surface area contributed by atoms with Gasteiger partial charge in [0.1, 0.15) is 18.1 Å². The van der Waals surface area contributed by atoms with Crippen LogP contribution in [0.15, 0.2) is 103 Å². The Balaban J connectivity index is 1.44. The number of hydrogen-bond acceptors (Lipinski definition) is 4. The minimum atomic E-state index is -7.39. The van der Waals surface area contributed by atoms with E-state index in [1.165, 1.54) is 12.1 Å². The Kier molecular flexibility index (Phi) is 9.03. The maximum Gasteiger partial charge on any atom is 0.460 e. The van der Waals surface area contributed by atoms with Crippen molar-refractivity contribution in [2.24, 2.45) is 0 Å². The molecule has 4 aromatic rings. The van der Waals surface area contributed by atoms with Crippen molar-refractivity contribution in [1.82, 2.24) is 0 Å². The van der Waals surface area contributed by atoms with Gasteiger partial charge in [-0.3, -0.25) is 0 Å². The average Bonchev–Trinajstić information content (AvgIpc) is 3.03. The summed E-state index contributed by atoms with van der Waals surface area (Å²) in [6.07, 6.45) is -5.86. The molecule has 4 aromatic carbocycles. The second-order valence-corrected chi connectivity index (χ2v) is 12.5. The van der Waals surface area contributed by atoms with E-state index in [1.807, 2.05) is 72.8 Å². The number of halogens is 9. The number of benzene rings is 4. The van der Waals surface area contributed by atoms with E-state index >= 15 is 0 Å². The fourth-order valence-electron chi connectivity index (χ4n) is 5.53. The van der Waals surface area contributed by atoms with Crippen LogP contribution < -0.4 is 8.92 Å². The Bertz CT molecular complexity index is 1800. The highest BCUT2D eigenvalue weighted by atomic mass is 32.2. The first-order chi connectivity index (χ1) is 22.0. The molecule has 0 aromatic heterocycles. The number of ether oxygens (including phenoxy) is 1. The highest BCUT2D eigenvalue weighted by Gasteiger charge is 2.86. The molecule has 0 fully saturated rings. The van der Waals surface area contributed by atoms with Crippen molar-refractivity contribution in [1.29, 1.82) is 0 Å². The van der Waals surface area contributed by atoms with E-state index in [0.29, 0.717) is 30.8 Å². The van der Waals surface area contributed by atoms with Gasteiger partial charge < -0.3 is 8.92 Å². The molecule has 4 nitrogen and oxygen atoms in total. The smallest absolute Gasteiger partial charge is 0.460 e. The lowest BCUT2D eigenvalue weighted by Gasteiger charge is -2.35. The maximum atomic E-state index is 14.2. The fraction of sp³-hybridized carbons (Fsp3) is 0.273. The monoisotopic (exact) mass is 688 g/mol. The van der Waals surface area contributed by atoms with Crippen LogP contribution in [0.3, 0.4) is 0 Å². The fourth-order valence-corrected chi connectivity index (χ4v) is 6.44. The molecule has 0 N–H and O–H groups in total. The van der Waals surface area contributed by atoms with Gasteiger partial charge in [0.05, 0.1) is 0 Å². The molecule has 1 unspecified atom stereocenters. The van der Waals surface area contributed by atoms with Gasteiger partial charge in [0, 0.05) is 5.92 Å². The summed E-state index contributed by atoms with van der Waals surface area (Å²) in [6.45, 7) is 0.332. The molecule has 47 heavy (non-hydrogen) atoms. The van der Waals surface area contributed by atoms with Gasteiger partial charge in [0.25, 0.3) is 0 Å². The predicted molar refractivity (Wildman–Crippen MR) is 153 cm³/mol. The van der Waals surface area contributed by atoms with E-state index in [1.54, 1.807) is 6.07 Å². The molecule has 0 saturated heterocycles. The Morgan fingerprint density at radius 2 is 1.23 bits per heavy atom. The first-order valence-electron chi connectivity index (χ1n) is 14.0. The van der Waals surface area contributed by atoms with Crippen LogP contribution in [0.2, 0.25) is 0 Å². The van der Waals surface area contributed by atoms with Crippen LogP contribution >= 0.6 is 0 Å². The predicted octanol–water partition coefficient (Wildman–Crippen LogP) is 9.26. The quantitative estimate of drug-likeness (QED) is 0.123. The van der Waals surface area contributed by atoms with Crippen molar-refractivity contribution in [2.75, 3.05) is 0 Å². The third-order valence-electron chi connectivity index (χ3n) is 7.93. The van der Waals surface area contributed by atoms with Crippen molar-refractivity contribution in [3.8, 4) is 11.5 Å². The lowest BCUT2D eigenvalue weighted by Crippen LogP contribution is -2.63. The zero-order chi connectivity index (χ0) is 34.3. The molecular formula is C33H25F9O4S. The lowest BCUT2D eigenvalue weighted by atomic mass is 9.69. The molecule has 250 valence electrons. The molecule has 0 radical (unpaired) electrons. The van der Waals surface area contributed by atoms with Crippen LogP contribution in [0, 0.1) is 0 Å². The summed E-state index contributed by atoms with van der Waals surface area (Å²) in [6, 6.07) is 28.6. The summed E-state index contributed by atoms with van der Waals surface area (Å²) in [5, 5.41) is -6.96. The lowest BCUT2D eigenvalue weighted by molar-refractivity contribution is -0.382. The van der Waals surface area contributed by atoms with Gasteiger partial charge in [-0.1, -0.05) is 78.9 Å². The molecule has 2 atom stereocenters. The van der Waals surface area contributed by atoms with E-state index in [0.717, 1.165) is 34.4 Å². The first-order valence-corrected chi connectivity index (χ1v) is 15.5. The Morgan fingerprint density at radius 3 is 1.83 bits per heavy atom. The van der Waals surface area contributed by atoms with E-state index < -0.39 is 39.1 Å². The van der Waals surface area contributed by atoms with Crippen molar-refractivity contribution in [2.45, 2.75) is 54.6 Å². The van der Waals surface area contributed by atoms with Crippen LogP contribution in [-0.4, -0.2) is 31.7 Å². The number of rotatable bonds is 10. The van der Waals surface area contributed by atoms with Gasteiger partial charge in [0.2, 0.25) is 0 Å². The summed E-state index contributed by atoms with van der Waals surface area (Å²) in [4.78, 5) is 0. The molecule has 0 heterocycles. The van der Waals surface area contributed by atoms with Crippen molar-refractivity contribution < 1.29 is 56.9 Å². The molecular weight excluding hydrogens is 663 g/mol. The Morgan fingerprint density at radius 1 is 0.660 bits per heavy atom. The highest BCUT2D eigenvalue weighted by molar-refractivity contribution is 7.88. The van der Waals surface area contributed by atoms with Crippen LogP contribution in [-0.2, 0) is 23.1 Å². The summed E-state index contributed by atoms with van der Waals surface area (Å²) >= 11 is 0. The van der Waals surface area contributed by atoms with Gasteiger partial charge in [-0.25, -0.2) is 0 Å². The van der Waals surface area contributed by atoms with Gasteiger partial charge in [0.15, 0.2) is 0 Å². The topological polar surface area (TPSA) is 52.6 Å². The number of fused-ring (bicyclic) bond motifs is 1. The van der Waals surface area contributed by atoms with Crippen molar-refractivity contribution in [3.05, 3.63) is 131 Å². The molecule has 0 amide bonds. The minimum Gasteiger partial charge on any atom is -0.489 e. The Hall–Kier alpha value is -4.20. The summed E-state index contributed by atoms with van der Waals surface area (Å²) in [5.41, 5.74) is 4.28. The van der Waals surface area contributed by atoms with Gasteiger partial charge in [-0.05, 0) is 70.8 Å². The molecule has 0 saturated carbocycles. The van der Waals surface area contributed by atoms with Crippen LogP contribution in [0.4, 0.5) is 39.5 Å². The van der Waals surface area contributed by atoms with E-state index in [4.69, 9.17) is 4.74 Å². The molecule has 0 aliphatic heterocycles. The standard InChI is InChI=1S/C33H25F9O4S/c34-30(35,32(38,39)40)31(36,37)33(41,42)47(43,44)46-25-14-11-23(12-15-25)29-27(22-9-5-2-6-10-22)17-13-24-19-26(16-18-28(24)29)45-20-21-7-3-1-4-8-21/h1-12,14-16,18-19,27,29H,13,17,20H2/t27-,29?/m1/s1. The molecule has 14 heteroatoms. The minimum absolute atomic E-state index is 0.122. The highest BCUT2D eigenvalue weighted by Crippen LogP contribution is 2.55. The van der Waals surface area contributed by atoms with Crippen molar-refractivity contribution in [3.63, 3.8) is 0 Å². The second kappa shape index (κ2) is 12.4. The maximum absolute atomic E-state index is 14.2. The average molecular weight is 689 g/mol. The third-order valence-corrected chi connectivity index (χ3v) is 9.22. The molecule has 0 bridgehead atoms. The number of aryl methyl sites for hydroxylation is 1. The molecule has 5 rings (SSSR count). The normalized spacial score (nSPS) is 17.6. The zero-order valence-electron chi connectivity index (χ0n) is 24.0. The Labute approximate surface area is 263 Å². The van der Waals surface area contributed by atoms with Gasteiger partial charge in [-0.15, -0.1) is 0 Å². The van der Waals surface area contributed by atoms with Crippen molar-refractivity contribution >= 4 is 10.1 Å². The molecule has 1 aliphatic carbocycles. The largest absolute Gasteiger partial charge is 0.489 e. The summed E-state index contributed by atoms with van der Waals surface area (Å²) in [5.74, 6) is -15.7. The SMILES string of the molecule is O=S(=O)(Oc1ccc(C2c3ccc(OCc4ccccc4)cc3CC[C@@H]2c2ccccc2)cc1)C(F)(F)C(F)(F)C(F)(F)C(F)(F)F. The zero-order valence-corrected chi connectivity index (χ0v) is 24.9. The van der Waals surface area contributed by atoms with E-state index in [-0.39, 0.29) is 11.8 Å². The number of hydrogen-bond donors (Lipinski definition) is 0. The van der Waals surface area contributed by atoms with Crippen LogP contribution in [0.25, 0.3) is 0 Å².